The van der Waals surface area contributed by atoms with Gasteiger partial charge in [-0.2, -0.15) is 0 Å². The standard InChI is InChI=1S/C38H38N2O4/c1-4-6-23-17-25-19-28(23)32-30(25)34(41)39(35(32)42)27-10-8-21(9-11-27)16-22-12-14-38(3,15-13-22)40-36(43)31-26-18-24(7-5-2)29(20-26)33(31)37(40)44/h4-5,8-14,17-18,25-26,28-33H,1-2,6-7,15-16,19-20H2,3H3. The lowest BCUT2D eigenvalue weighted by molar-refractivity contribution is -0.145. The smallest absolute Gasteiger partial charge is 0.238 e. The Morgan fingerprint density at radius 2 is 1.34 bits per heavy atom. The topological polar surface area (TPSA) is 74.8 Å². The van der Waals surface area contributed by atoms with Crippen molar-refractivity contribution in [1.82, 2.24) is 4.90 Å². The van der Waals surface area contributed by atoms with Crippen LogP contribution >= 0.6 is 0 Å². The molecule has 0 spiro atoms. The first kappa shape index (κ1) is 27.5. The van der Waals surface area contributed by atoms with Gasteiger partial charge in [0.25, 0.3) is 0 Å². The minimum Gasteiger partial charge on any atom is -0.274 e. The van der Waals surface area contributed by atoms with Crippen LogP contribution in [0.25, 0.3) is 0 Å². The van der Waals surface area contributed by atoms with Crippen LogP contribution in [0.3, 0.4) is 0 Å². The molecule has 8 rings (SSSR count). The molecule has 1 aromatic carbocycles. The van der Waals surface area contributed by atoms with Crippen LogP contribution in [-0.2, 0) is 25.6 Å². The minimum absolute atomic E-state index is 0.0161. The average molecular weight is 587 g/mol. The molecule has 4 bridgehead atoms. The van der Waals surface area contributed by atoms with E-state index in [4.69, 9.17) is 0 Å². The number of nitrogens with zero attached hydrogens (tertiary/aromatic N) is 2. The van der Waals surface area contributed by atoms with E-state index in [0.29, 0.717) is 18.5 Å². The number of carbonyl (C=O) groups is 4. The summed E-state index contributed by atoms with van der Waals surface area (Å²) >= 11 is 0. The molecular weight excluding hydrogens is 548 g/mol. The number of likely N-dealkylation sites (tertiary alicyclic amines) is 1. The van der Waals surface area contributed by atoms with Gasteiger partial charge in [0.05, 0.1) is 34.9 Å². The lowest BCUT2D eigenvalue weighted by Crippen LogP contribution is -2.50. The Bertz CT molecular complexity index is 1660. The predicted octanol–water partition coefficient (Wildman–Crippen LogP) is 5.89. The molecule has 2 heterocycles. The van der Waals surface area contributed by atoms with Crippen molar-refractivity contribution in [2.75, 3.05) is 4.90 Å². The third-order valence-corrected chi connectivity index (χ3v) is 11.8. The molecule has 0 radical (unpaired) electrons. The third kappa shape index (κ3) is 3.72. The van der Waals surface area contributed by atoms with E-state index in [1.54, 1.807) is 4.90 Å². The SMILES string of the molecule is C=CCC1=CC2CC1C1C(=O)N(c3ccc(CC4=CCC(C)(N5C(=O)C6C7C=C(CC=C)C(C7)C6C5=O)C=C4)cc3)C(=O)C21. The van der Waals surface area contributed by atoms with Crippen molar-refractivity contribution in [1.29, 1.82) is 0 Å². The summed E-state index contributed by atoms with van der Waals surface area (Å²) in [5, 5.41) is 0. The van der Waals surface area contributed by atoms with Crippen LogP contribution in [0.4, 0.5) is 5.69 Å². The van der Waals surface area contributed by atoms with Crippen molar-refractivity contribution in [2.24, 2.45) is 47.3 Å². The molecule has 0 aromatic heterocycles. The van der Waals surface area contributed by atoms with E-state index in [-0.39, 0.29) is 71.0 Å². The second kappa shape index (κ2) is 9.72. The lowest BCUT2D eigenvalue weighted by atomic mass is 9.80. The lowest BCUT2D eigenvalue weighted by Gasteiger charge is -2.37. The van der Waals surface area contributed by atoms with Gasteiger partial charge < -0.3 is 0 Å². The van der Waals surface area contributed by atoms with Crippen LogP contribution in [0.15, 0.2) is 96.7 Å². The van der Waals surface area contributed by atoms with Gasteiger partial charge in [-0.05, 0) is 92.4 Å². The number of rotatable bonds is 8. The summed E-state index contributed by atoms with van der Waals surface area (Å²) in [5.74, 6) is -0.437. The molecule has 5 aliphatic carbocycles. The van der Waals surface area contributed by atoms with Crippen LogP contribution in [0, 0.1) is 47.3 Å². The van der Waals surface area contributed by atoms with Crippen LogP contribution in [-0.4, -0.2) is 34.1 Å². The summed E-state index contributed by atoms with van der Waals surface area (Å²) in [6, 6.07) is 7.74. The summed E-state index contributed by atoms with van der Waals surface area (Å²) in [6.07, 6.45) is 19.1. The molecule has 9 unspecified atom stereocenters. The molecule has 224 valence electrons. The van der Waals surface area contributed by atoms with Crippen LogP contribution in [0.1, 0.15) is 44.6 Å². The van der Waals surface area contributed by atoms with Crippen LogP contribution in [0.2, 0.25) is 0 Å². The Morgan fingerprint density at radius 1 is 0.795 bits per heavy atom. The first-order valence-corrected chi connectivity index (χ1v) is 16.1. The molecule has 7 aliphatic rings. The average Bonchev–Trinajstić information content (AvgIpc) is 3.84. The fraction of sp³-hybridized carbons (Fsp3) is 0.421. The van der Waals surface area contributed by atoms with Crippen molar-refractivity contribution in [3.63, 3.8) is 0 Å². The maximum absolute atomic E-state index is 13.7. The fourth-order valence-electron chi connectivity index (χ4n) is 9.83. The highest BCUT2D eigenvalue weighted by atomic mass is 16.2. The van der Waals surface area contributed by atoms with E-state index in [1.165, 1.54) is 16.0 Å². The summed E-state index contributed by atoms with van der Waals surface area (Å²) in [7, 11) is 0. The molecule has 6 heteroatoms. The Morgan fingerprint density at radius 3 is 1.91 bits per heavy atom. The second-order valence-electron chi connectivity index (χ2n) is 14.1. The Hall–Kier alpha value is -4.06. The quantitative estimate of drug-likeness (QED) is 0.282. The molecule has 2 saturated heterocycles. The molecule has 4 amide bonds. The Labute approximate surface area is 258 Å². The summed E-state index contributed by atoms with van der Waals surface area (Å²) < 4.78 is 0. The minimum atomic E-state index is -0.668. The van der Waals surface area contributed by atoms with Gasteiger partial charge in [-0.15, -0.1) is 13.2 Å². The highest BCUT2D eigenvalue weighted by Crippen LogP contribution is 2.58. The molecule has 0 N–H and O–H groups in total. The molecule has 9 atom stereocenters. The van der Waals surface area contributed by atoms with Crippen LogP contribution in [0.5, 0.6) is 0 Å². The van der Waals surface area contributed by atoms with Crippen molar-refractivity contribution in [3.8, 4) is 0 Å². The van der Waals surface area contributed by atoms with Crippen molar-refractivity contribution < 1.29 is 19.2 Å². The van der Waals surface area contributed by atoms with Gasteiger partial charge >= 0.3 is 0 Å². The fourth-order valence-corrected chi connectivity index (χ4v) is 9.83. The van der Waals surface area contributed by atoms with Gasteiger partial charge in [-0.1, -0.05) is 65.8 Å². The first-order valence-electron chi connectivity index (χ1n) is 16.1. The number of benzene rings is 1. The van der Waals surface area contributed by atoms with Crippen LogP contribution < -0.4 is 4.90 Å². The van der Waals surface area contributed by atoms with Crippen molar-refractivity contribution in [3.05, 3.63) is 102 Å². The van der Waals surface area contributed by atoms with Crippen molar-refractivity contribution >= 4 is 29.3 Å². The van der Waals surface area contributed by atoms with E-state index in [9.17, 15) is 19.2 Å². The molecule has 1 aromatic rings. The van der Waals surface area contributed by atoms with E-state index in [0.717, 1.165) is 36.8 Å². The van der Waals surface area contributed by atoms with Gasteiger partial charge in [0, 0.05) is 0 Å². The summed E-state index contributed by atoms with van der Waals surface area (Å²) in [6.45, 7) is 9.71. The molecular formula is C38H38N2O4. The number of fused-ring (bicyclic) bond motifs is 10. The van der Waals surface area contributed by atoms with Gasteiger partial charge in [0.15, 0.2) is 0 Å². The maximum Gasteiger partial charge on any atom is 0.238 e. The molecule has 6 nitrogen and oxygen atoms in total. The van der Waals surface area contributed by atoms with E-state index in [1.807, 2.05) is 55.5 Å². The first-order chi connectivity index (χ1) is 21.2. The normalized spacial score (nSPS) is 37.9. The van der Waals surface area contributed by atoms with Gasteiger partial charge in [-0.25, -0.2) is 0 Å². The summed E-state index contributed by atoms with van der Waals surface area (Å²) in [4.78, 5) is 57.1. The number of amides is 4. The maximum atomic E-state index is 13.7. The molecule has 2 aliphatic heterocycles. The van der Waals surface area contributed by atoms with Crippen molar-refractivity contribution in [2.45, 2.75) is 51.0 Å². The van der Waals surface area contributed by atoms with Gasteiger partial charge in [0.1, 0.15) is 0 Å². The number of hydrogen-bond acceptors (Lipinski definition) is 4. The second-order valence-corrected chi connectivity index (χ2v) is 14.1. The third-order valence-electron chi connectivity index (χ3n) is 11.8. The van der Waals surface area contributed by atoms with E-state index in [2.05, 4.69) is 31.4 Å². The highest BCUT2D eigenvalue weighted by molar-refractivity contribution is 6.22. The monoisotopic (exact) mass is 586 g/mol. The zero-order chi connectivity index (χ0) is 30.5. The number of imide groups is 2. The molecule has 4 fully saturated rings. The van der Waals surface area contributed by atoms with E-state index >= 15 is 0 Å². The van der Waals surface area contributed by atoms with Gasteiger partial charge in [-0.3, -0.25) is 29.0 Å². The number of carbonyl (C=O) groups excluding carboxylic acids is 4. The molecule has 44 heavy (non-hydrogen) atoms. The zero-order valence-corrected chi connectivity index (χ0v) is 25.2. The molecule has 2 saturated carbocycles. The number of anilines is 1. The number of allylic oxidation sites excluding steroid dienone is 8. The zero-order valence-electron chi connectivity index (χ0n) is 25.2. The largest absolute Gasteiger partial charge is 0.274 e. The predicted molar refractivity (Wildman–Crippen MR) is 168 cm³/mol. The van der Waals surface area contributed by atoms with E-state index < -0.39 is 5.54 Å². The van der Waals surface area contributed by atoms with Gasteiger partial charge in [0.2, 0.25) is 23.6 Å². The number of hydrogen-bond donors (Lipinski definition) is 0. The Balaban J connectivity index is 0.933. The highest BCUT2D eigenvalue weighted by Gasteiger charge is 2.64. The Kier molecular flexibility index (Phi) is 6.07. The summed E-state index contributed by atoms with van der Waals surface area (Å²) in [5.41, 5.74) is 4.69.